The molecular formula is C26H32N4O4S2. The molecule has 0 radical (unpaired) electrons. The van der Waals surface area contributed by atoms with E-state index >= 15 is 0 Å². The van der Waals surface area contributed by atoms with Crippen LogP contribution in [-0.4, -0.2) is 39.0 Å². The topological polar surface area (TPSA) is 95.3 Å². The van der Waals surface area contributed by atoms with Crippen molar-refractivity contribution in [2.24, 2.45) is 5.92 Å². The number of rotatable bonds is 10. The molecule has 8 nitrogen and oxygen atoms in total. The SMILES string of the molecule is CCOC(=O)c1c(NC(=O)CSc2nnc(C(C)Oc3ccccc3)n2CC)sc2c1CCC(C)C2. The number of ether oxygens (including phenoxy) is 2. The number of hydrogen-bond acceptors (Lipinski definition) is 8. The van der Waals surface area contributed by atoms with E-state index in [9.17, 15) is 9.59 Å². The number of carbonyl (C=O) groups excluding carboxylic acids is 2. The van der Waals surface area contributed by atoms with Gasteiger partial charge in [0.1, 0.15) is 10.8 Å². The molecule has 1 amide bonds. The molecule has 1 aromatic carbocycles. The Kier molecular flexibility index (Phi) is 8.68. The number of amides is 1. The van der Waals surface area contributed by atoms with Crippen molar-refractivity contribution in [1.29, 1.82) is 0 Å². The molecule has 3 aromatic rings. The van der Waals surface area contributed by atoms with Crippen molar-refractivity contribution < 1.29 is 19.1 Å². The number of esters is 1. The highest BCUT2D eigenvalue weighted by molar-refractivity contribution is 7.99. The van der Waals surface area contributed by atoms with Crippen LogP contribution in [-0.2, 0) is 28.9 Å². The summed E-state index contributed by atoms with van der Waals surface area (Å²) in [7, 11) is 0. The van der Waals surface area contributed by atoms with Crippen LogP contribution < -0.4 is 10.1 Å². The summed E-state index contributed by atoms with van der Waals surface area (Å²) in [4.78, 5) is 26.8. The van der Waals surface area contributed by atoms with Crippen LogP contribution in [0.3, 0.4) is 0 Å². The molecule has 4 rings (SSSR count). The maximum Gasteiger partial charge on any atom is 0.341 e. The molecule has 0 fully saturated rings. The summed E-state index contributed by atoms with van der Waals surface area (Å²) in [5.41, 5.74) is 1.55. The molecular weight excluding hydrogens is 496 g/mol. The lowest BCUT2D eigenvalue weighted by atomic mass is 9.88. The number of nitrogens with one attached hydrogen (secondary N) is 1. The standard InChI is InChI=1S/C26H32N4O4S2/c1-5-30-23(17(4)34-18-10-8-7-9-11-18)28-29-26(30)35-15-21(31)27-24-22(25(32)33-6-2)19-13-12-16(3)14-20(19)36-24/h7-11,16-17H,5-6,12-15H2,1-4H3,(H,27,31). The molecule has 2 atom stereocenters. The number of aromatic nitrogens is 3. The van der Waals surface area contributed by atoms with Crippen LogP contribution >= 0.6 is 23.1 Å². The number of anilines is 1. The zero-order valence-electron chi connectivity index (χ0n) is 21.1. The van der Waals surface area contributed by atoms with Gasteiger partial charge < -0.3 is 19.4 Å². The van der Waals surface area contributed by atoms with E-state index in [-0.39, 0.29) is 23.7 Å². The lowest BCUT2D eigenvalue weighted by Gasteiger charge is -2.18. The zero-order chi connectivity index (χ0) is 25.7. The number of nitrogens with zero attached hydrogens (tertiary/aromatic N) is 3. The predicted molar refractivity (Wildman–Crippen MR) is 142 cm³/mol. The molecule has 2 heterocycles. The minimum absolute atomic E-state index is 0.146. The molecule has 1 aliphatic rings. The average Bonchev–Trinajstić information content (AvgIpc) is 3.43. The van der Waals surface area contributed by atoms with Crippen LogP contribution in [0.15, 0.2) is 35.5 Å². The molecule has 1 N–H and O–H groups in total. The average molecular weight is 529 g/mol. The van der Waals surface area contributed by atoms with Crippen molar-refractivity contribution in [3.63, 3.8) is 0 Å². The van der Waals surface area contributed by atoms with Crippen molar-refractivity contribution in [1.82, 2.24) is 14.8 Å². The van der Waals surface area contributed by atoms with Crippen molar-refractivity contribution in [3.8, 4) is 5.75 Å². The second kappa shape index (κ2) is 11.9. The van der Waals surface area contributed by atoms with E-state index in [2.05, 4.69) is 22.4 Å². The Labute approximate surface area is 219 Å². The number of benzene rings is 1. The van der Waals surface area contributed by atoms with Crippen molar-refractivity contribution in [3.05, 3.63) is 52.2 Å². The van der Waals surface area contributed by atoms with Gasteiger partial charge in [0.25, 0.3) is 0 Å². The number of thiophene rings is 1. The second-order valence-electron chi connectivity index (χ2n) is 8.77. The predicted octanol–water partition coefficient (Wildman–Crippen LogP) is 5.53. The molecule has 0 spiro atoms. The quantitative estimate of drug-likeness (QED) is 0.273. The fourth-order valence-electron chi connectivity index (χ4n) is 4.31. The minimum Gasteiger partial charge on any atom is -0.483 e. The van der Waals surface area contributed by atoms with Crippen LogP contribution in [0, 0.1) is 5.92 Å². The first-order valence-electron chi connectivity index (χ1n) is 12.3. The van der Waals surface area contributed by atoms with Gasteiger partial charge in [0, 0.05) is 11.4 Å². The Morgan fingerprint density at radius 1 is 1.25 bits per heavy atom. The van der Waals surface area contributed by atoms with Crippen molar-refractivity contribution in [2.45, 2.75) is 64.8 Å². The molecule has 0 saturated heterocycles. The van der Waals surface area contributed by atoms with Crippen molar-refractivity contribution in [2.75, 3.05) is 17.7 Å². The van der Waals surface area contributed by atoms with Gasteiger partial charge in [-0.1, -0.05) is 36.9 Å². The summed E-state index contributed by atoms with van der Waals surface area (Å²) in [5, 5.41) is 12.8. The Bertz CT molecular complexity index is 1210. The lowest BCUT2D eigenvalue weighted by molar-refractivity contribution is -0.113. The highest BCUT2D eigenvalue weighted by Gasteiger charge is 2.29. The summed E-state index contributed by atoms with van der Waals surface area (Å²) >= 11 is 2.81. The van der Waals surface area contributed by atoms with Gasteiger partial charge in [-0.05, 0) is 63.6 Å². The fraction of sp³-hybridized carbons (Fsp3) is 0.462. The fourth-order valence-corrected chi connectivity index (χ4v) is 6.54. The first kappa shape index (κ1) is 26.2. The smallest absolute Gasteiger partial charge is 0.341 e. The van der Waals surface area contributed by atoms with E-state index in [0.29, 0.717) is 40.6 Å². The van der Waals surface area contributed by atoms with Crippen LogP contribution in [0.1, 0.15) is 66.8 Å². The third-order valence-electron chi connectivity index (χ3n) is 6.06. The van der Waals surface area contributed by atoms with Gasteiger partial charge >= 0.3 is 5.97 Å². The summed E-state index contributed by atoms with van der Waals surface area (Å²) in [6, 6.07) is 9.58. The van der Waals surface area contributed by atoms with Crippen LogP contribution in [0.4, 0.5) is 5.00 Å². The molecule has 1 aliphatic carbocycles. The summed E-state index contributed by atoms with van der Waals surface area (Å²) in [5.74, 6) is 1.61. The Hall–Kier alpha value is -2.85. The van der Waals surface area contributed by atoms with Gasteiger partial charge in [0.15, 0.2) is 17.1 Å². The molecule has 0 bridgehead atoms. The first-order chi connectivity index (χ1) is 17.4. The third kappa shape index (κ3) is 5.92. The minimum atomic E-state index is -0.365. The van der Waals surface area contributed by atoms with Crippen molar-refractivity contribution >= 4 is 40.0 Å². The highest BCUT2D eigenvalue weighted by atomic mass is 32.2. The molecule has 0 aliphatic heterocycles. The summed E-state index contributed by atoms with van der Waals surface area (Å²) in [6.07, 6.45) is 2.48. The zero-order valence-corrected chi connectivity index (χ0v) is 22.7. The monoisotopic (exact) mass is 528 g/mol. The van der Waals surface area contributed by atoms with E-state index in [4.69, 9.17) is 9.47 Å². The van der Waals surface area contributed by atoms with Gasteiger partial charge in [-0.3, -0.25) is 4.79 Å². The number of hydrogen-bond donors (Lipinski definition) is 1. The molecule has 192 valence electrons. The molecule has 36 heavy (non-hydrogen) atoms. The van der Waals surface area contributed by atoms with E-state index in [1.807, 2.05) is 48.7 Å². The van der Waals surface area contributed by atoms with Gasteiger partial charge in [-0.25, -0.2) is 4.79 Å². The molecule has 10 heteroatoms. The van der Waals surface area contributed by atoms with E-state index in [1.54, 1.807) is 6.92 Å². The number of fused-ring (bicyclic) bond motifs is 1. The maximum atomic E-state index is 12.9. The molecule has 0 saturated carbocycles. The van der Waals surface area contributed by atoms with E-state index < -0.39 is 0 Å². The number of para-hydroxylation sites is 1. The largest absolute Gasteiger partial charge is 0.483 e. The van der Waals surface area contributed by atoms with Gasteiger partial charge in [-0.15, -0.1) is 21.5 Å². The number of thioether (sulfide) groups is 1. The van der Waals surface area contributed by atoms with E-state index in [1.165, 1.54) is 28.0 Å². The molecule has 2 unspecified atom stereocenters. The third-order valence-corrected chi connectivity index (χ3v) is 8.19. The second-order valence-corrected chi connectivity index (χ2v) is 10.8. The van der Waals surface area contributed by atoms with E-state index in [0.717, 1.165) is 30.6 Å². The highest BCUT2D eigenvalue weighted by Crippen LogP contribution is 2.40. The molecule has 2 aromatic heterocycles. The summed E-state index contributed by atoms with van der Waals surface area (Å²) < 4.78 is 13.3. The Morgan fingerprint density at radius 3 is 2.75 bits per heavy atom. The lowest BCUT2D eigenvalue weighted by Crippen LogP contribution is -2.18. The van der Waals surface area contributed by atoms with Crippen LogP contribution in [0.2, 0.25) is 0 Å². The Morgan fingerprint density at radius 2 is 2.03 bits per heavy atom. The normalized spacial score (nSPS) is 15.7. The van der Waals surface area contributed by atoms with Gasteiger partial charge in [0.2, 0.25) is 5.91 Å². The van der Waals surface area contributed by atoms with Crippen LogP contribution in [0.5, 0.6) is 5.75 Å². The van der Waals surface area contributed by atoms with Crippen LogP contribution in [0.25, 0.3) is 0 Å². The Balaban J connectivity index is 1.44. The maximum absolute atomic E-state index is 12.9. The summed E-state index contributed by atoms with van der Waals surface area (Å²) in [6.45, 7) is 8.89. The first-order valence-corrected chi connectivity index (χ1v) is 14.1. The van der Waals surface area contributed by atoms with Gasteiger partial charge in [0.05, 0.1) is 17.9 Å². The van der Waals surface area contributed by atoms with Gasteiger partial charge in [-0.2, -0.15) is 0 Å². The number of carbonyl (C=O) groups is 2.